The fourth-order valence-electron chi connectivity index (χ4n) is 2.13. The fourth-order valence-corrected chi connectivity index (χ4v) is 2.45. The van der Waals surface area contributed by atoms with E-state index in [1.807, 2.05) is 0 Å². The fraction of sp³-hybridized carbons (Fsp3) is 0.538. The summed E-state index contributed by atoms with van der Waals surface area (Å²) in [7, 11) is 1.71. The lowest BCUT2D eigenvalue weighted by Crippen LogP contribution is -2.08. The first-order chi connectivity index (χ1) is 7.85. The Labute approximate surface area is 102 Å². The summed E-state index contributed by atoms with van der Waals surface area (Å²) in [4.78, 5) is 0. The molecular formula is C13H17ClO2. The van der Waals surface area contributed by atoms with E-state index in [0.29, 0.717) is 18.4 Å². The molecule has 3 heteroatoms. The van der Waals surface area contributed by atoms with Crippen LogP contribution in [0.4, 0.5) is 0 Å². The van der Waals surface area contributed by atoms with Crippen LogP contribution in [0.15, 0.2) is 24.3 Å². The third-order valence-electron chi connectivity index (χ3n) is 3.03. The Balaban J connectivity index is 2.08. The highest BCUT2D eigenvalue weighted by atomic mass is 35.5. The summed E-state index contributed by atoms with van der Waals surface area (Å²) < 4.78 is 10.8. The Morgan fingerprint density at radius 3 is 2.75 bits per heavy atom. The Kier molecular flexibility index (Phi) is 4.22. The van der Waals surface area contributed by atoms with Gasteiger partial charge in [0.25, 0.3) is 0 Å². The Morgan fingerprint density at radius 1 is 1.38 bits per heavy atom. The lowest BCUT2D eigenvalue weighted by atomic mass is 9.96. The first-order valence-corrected chi connectivity index (χ1v) is 6.14. The van der Waals surface area contributed by atoms with E-state index in [2.05, 4.69) is 24.3 Å². The molecule has 1 aliphatic rings. The molecule has 0 aromatic heterocycles. The molecule has 0 bridgehead atoms. The number of ether oxygens (including phenoxy) is 2. The Morgan fingerprint density at radius 2 is 2.12 bits per heavy atom. The second-order valence-electron chi connectivity index (χ2n) is 4.17. The first kappa shape index (κ1) is 11.9. The van der Waals surface area contributed by atoms with Crippen molar-refractivity contribution in [3.05, 3.63) is 35.4 Å². The highest BCUT2D eigenvalue weighted by Gasteiger charge is 2.28. The molecule has 2 atom stereocenters. The van der Waals surface area contributed by atoms with Crippen molar-refractivity contribution in [1.29, 1.82) is 0 Å². The van der Waals surface area contributed by atoms with E-state index in [1.54, 1.807) is 7.11 Å². The van der Waals surface area contributed by atoms with E-state index in [1.165, 1.54) is 11.1 Å². The van der Waals surface area contributed by atoms with Gasteiger partial charge in [-0.15, -0.1) is 11.6 Å². The zero-order valence-corrected chi connectivity index (χ0v) is 10.2. The molecule has 0 N–H and O–H groups in total. The van der Waals surface area contributed by atoms with Gasteiger partial charge in [0.1, 0.15) is 0 Å². The molecule has 0 saturated carbocycles. The van der Waals surface area contributed by atoms with Gasteiger partial charge in [-0.25, -0.2) is 0 Å². The molecule has 0 spiro atoms. The van der Waals surface area contributed by atoms with Gasteiger partial charge < -0.3 is 9.47 Å². The molecule has 0 radical (unpaired) electrons. The van der Waals surface area contributed by atoms with Crippen molar-refractivity contribution in [1.82, 2.24) is 0 Å². The van der Waals surface area contributed by atoms with Crippen LogP contribution in [0.1, 0.15) is 23.7 Å². The van der Waals surface area contributed by atoms with Crippen molar-refractivity contribution >= 4 is 11.6 Å². The summed E-state index contributed by atoms with van der Waals surface area (Å²) in [6.45, 7) is 1.48. The van der Waals surface area contributed by atoms with Crippen LogP contribution < -0.4 is 0 Å². The molecule has 2 unspecified atom stereocenters. The number of benzene rings is 1. The topological polar surface area (TPSA) is 18.5 Å². The monoisotopic (exact) mass is 240 g/mol. The molecule has 1 fully saturated rings. The largest absolute Gasteiger partial charge is 0.380 e. The van der Waals surface area contributed by atoms with Crippen LogP contribution in [-0.2, 0) is 16.1 Å². The third kappa shape index (κ3) is 2.57. The minimum atomic E-state index is 0.175. The second kappa shape index (κ2) is 5.67. The van der Waals surface area contributed by atoms with E-state index in [-0.39, 0.29) is 6.10 Å². The summed E-state index contributed by atoms with van der Waals surface area (Å²) in [5, 5.41) is 0. The molecule has 16 heavy (non-hydrogen) atoms. The highest BCUT2D eigenvalue weighted by Crippen LogP contribution is 2.35. The van der Waals surface area contributed by atoms with Crippen LogP contribution in [0, 0.1) is 5.92 Å². The zero-order chi connectivity index (χ0) is 11.4. The molecule has 0 aliphatic carbocycles. The molecule has 1 aromatic rings. The van der Waals surface area contributed by atoms with Crippen LogP contribution in [0.25, 0.3) is 0 Å². The van der Waals surface area contributed by atoms with Gasteiger partial charge >= 0.3 is 0 Å². The average Bonchev–Trinajstić information content (AvgIpc) is 2.78. The van der Waals surface area contributed by atoms with Gasteiger partial charge in [0, 0.05) is 25.5 Å². The maximum Gasteiger partial charge on any atom is 0.0865 e. The van der Waals surface area contributed by atoms with E-state index in [9.17, 15) is 0 Å². The van der Waals surface area contributed by atoms with Gasteiger partial charge in [0.15, 0.2) is 0 Å². The maximum atomic E-state index is 5.93. The lowest BCUT2D eigenvalue weighted by molar-refractivity contribution is 0.0951. The molecule has 1 aliphatic heterocycles. The molecule has 1 heterocycles. The minimum Gasteiger partial charge on any atom is -0.380 e. The molecule has 0 amide bonds. The number of alkyl halides is 1. The quantitative estimate of drug-likeness (QED) is 0.753. The standard InChI is InChI=1S/C13H17ClO2/c1-15-9-10-2-4-11(5-3-10)13-12(8-14)6-7-16-13/h2-5,12-13H,6-9H2,1H3. The summed E-state index contributed by atoms with van der Waals surface area (Å²) in [6.07, 6.45) is 1.24. The van der Waals surface area contributed by atoms with Crippen LogP contribution in [-0.4, -0.2) is 19.6 Å². The van der Waals surface area contributed by atoms with E-state index < -0.39 is 0 Å². The summed E-state index contributed by atoms with van der Waals surface area (Å²) in [5.41, 5.74) is 2.41. The average molecular weight is 241 g/mol. The van der Waals surface area contributed by atoms with E-state index >= 15 is 0 Å². The van der Waals surface area contributed by atoms with Gasteiger partial charge in [-0.05, 0) is 17.5 Å². The lowest BCUT2D eigenvalue weighted by Gasteiger charge is -2.16. The van der Waals surface area contributed by atoms with Gasteiger partial charge in [0.2, 0.25) is 0 Å². The van der Waals surface area contributed by atoms with Gasteiger partial charge in [-0.3, -0.25) is 0 Å². The number of halogens is 1. The predicted molar refractivity (Wildman–Crippen MR) is 64.7 cm³/mol. The maximum absolute atomic E-state index is 5.93. The van der Waals surface area contributed by atoms with Gasteiger partial charge in [-0.2, -0.15) is 0 Å². The first-order valence-electron chi connectivity index (χ1n) is 5.60. The van der Waals surface area contributed by atoms with Crippen molar-refractivity contribution in [2.75, 3.05) is 19.6 Å². The predicted octanol–water partition coefficient (Wildman–Crippen LogP) is 3.15. The summed E-state index contributed by atoms with van der Waals surface area (Å²) in [6, 6.07) is 8.41. The Hall–Kier alpha value is -0.570. The molecule has 2 rings (SSSR count). The van der Waals surface area contributed by atoms with Crippen molar-refractivity contribution in [3.63, 3.8) is 0 Å². The molecule has 2 nitrogen and oxygen atoms in total. The van der Waals surface area contributed by atoms with Gasteiger partial charge in [-0.1, -0.05) is 24.3 Å². The second-order valence-corrected chi connectivity index (χ2v) is 4.48. The van der Waals surface area contributed by atoms with Crippen LogP contribution in [0.5, 0.6) is 0 Å². The van der Waals surface area contributed by atoms with Crippen LogP contribution in [0.3, 0.4) is 0 Å². The highest BCUT2D eigenvalue weighted by molar-refractivity contribution is 6.18. The number of methoxy groups -OCH3 is 1. The molecule has 1 aromatic carbocycles. The van der Waals surface area contributed by atoms with Crippen molar-refractivity contribution < 1.29 is 9.47 Å². The van der Waals surface area contributed by atoms with Crippen molar-refractivity contribution in [2.24, 2.45) is 5.92 Å². The Bertz CT molecular complexity index is 323. The summed E-state index contributed by atoms with van der Waals surface area (Å²) >= 11 is 5.93. The van der Waals surface area contributed by atoms with E-state index in [4.69, 9.17) is 21.1 Å². The summed E-state index contributed by atoms with van der Waals surface area (Å²) in [5.74, 6) is 1.12. The minimum absolute atomic E-state index is 0.175. The molecule has 1 saturated heterocycles. The number of hydrogen-bond acceptors (Lipinski definition) is 2. The van der Waals surface area contributed by atoms with Crippen LogP contribution >= 0.6 is 11.6 Å². The van der Waals surface area contributed by atoms with Crippen molar-refractivity contribution in [3.8, 4) is 0 Å². The van der Waals surface area contributed by atoms with E-state index in [0.717, 1.165) is 13.0 Å². The number of hydrogen-bond donors (Lipinski definition) is 0. The molecular weight excluding hydrogens is 224 g/mol. The third-order valence-corrected chi connectivity index (χ3v) is 3.43. The van der Waals surface area contributed by atoms with Crippen LogP contribution in [0.2, 0.25) is 0 Å². The van der Waals surface area contributed by atoms with Gasteiger partial charge in [0.05, 0.1) is 12.7 Å². The zero-order valence-electron chi connectivity index (χ0n) is 9.49. The SMILES string of the molecule is COCc1ccc(C2OCCC2CCl)cc1. The van der Waals surface area contributed by atoms with Crippen molar-refractivity contribution in [2.45, 2.75) is 19.1 Å². The smallest absolute Gasteiger partial charge is 0.0865 e. The number of rotatable bonds is 4. The molecule has 88 valence electrons. The normalized spacial score (nSPS) is 24.9.